The van der Waals surface area contributed by atoms with Crippen LogP contribution in [-0.4, -0.2) is 85.8 Å². The summed E-state index contributed by atoms with van der Waals surface area (Å²) in [6.07, 6.45) is -3.75. The summed E-state index contributed by atoms with van der Waals surface area (Å²) in [6.45, 7) is 14.6. The quantitative estimate of drug-likeness (QED) is 0.0699. The number of fused-ring (bicyclic) bond motifs is 1. The van der Waals surface area contributed by atoms with Gasteiger partial charge in [0.1, 0.15) is 11.2 Å². The first-order chi connectivity index (χ1) is 28.6. The second-order valence-corrected chi connectivity index (χ2v) is 18.1. The van der Waals surface area contributed by atoms with Gasteiger partial charge in [0.2, 0.25) is 10.9 Å². The minimum absolute atomic E-state index is 0.0250. The fourth-order valence-corrected chi connectivity index (χ4v) is 7.66. The molecule has 18 heteroatoms. The Morgan fingerprint density at radius 3 is 2.08 bits per heavy atom. The molecule has 0 saturated carbocycles. The molecule has 0 radical (unpaired) electrons. The van der Waals surface area contributed by atoms with E-state index in [0.717, 1.165) is 16.7 Å². The van der Waals surface area contributed by atoms with Gasteiger partial charge in [0, 0.05) is 24.1 Å². The Hall–Kier alpha value is -5.49. The Morgan fingerprint density at radius 1 is 0.902 bits per heavy atom. The second kappa shape index (κ2) is 17.5. The van der Waals surface area contributed by atoms with Gasteiger partial charge in [-0.3, -0.25) is 9.36 Å². The number of halogens is 1. The van der Waals surface area contributed by atoms with Crippen LogP contribution in [-0.2, 0) is 50.0 Å². The third kappa shape index (κ3) is 9.85. The van der Waals surface area contributed by atoms with Crippen molar-refractivity contribution in [3.05, 3.63) is 88.4 Å². The van der Waals surface area contributed by atoms with Crippen LogP contribution in [0.1, 0.15) is 79.8 Å². The zero-order chi connectivity index (χ0) is 44.5. The Bertz CT molecular complexity index is 2350. The van der Waals surface area contributed by atoms with E-state index in [9.17, 15) is 19.2 Å². The Balaban J connectivity index is 1.38. The van der Waals surface area contributed by atoms with Crippen molar-refractivity contribution in [2.75, 3.05) is 18.6 Å². The predicted molar refractivity (Wildman–Crippen MR) is 226 cm³/mol. The molecule has 4 atom stereocenters. The lowest BCUT2D eigenvalue weighted by atomic mass is 9.82. The number of carbonyl (C=O) groups excluding carboxylic acids is 4. The number of carbonyl (C=O) groups is 4. The minimum atomic E-state index is -1.71. The maximum absolute atomic E-state index is 14.0. The number of thiazole rings is 1. The highest BCUT2D eigenvalue weighted by Gasteiger charge is 2.56. The molecule has 2 aromatic carbocycles. The van der Waals surface area contributed by atoms with Crippen molar-refractivity contribution < 1.29 is 47.6 Å². The number of anilines is 1. The summed E-state index contributed by atoms with van der Waals surface area (Å²) in [5, 5.41) is 1.38. The molecule has 1 saturated heterocycles. The molecule has 0 aliphatic carbocycles. The first kappa shape index (κ1) is 45.0. The van der Waals surface area contributed by atoms with Gasteiger partial charge < -0.3 is 28.4 Å². The van der Waals surface area contributed by atoms with E-state index < -0.39 is 64.8 Å². The Morgan fingerprint density at radius 2 is 1.52 bits per heavy atom. The van der Waals surface area contributed by atoms with E-state index in [4.69, 9.17) is 40.0 Å². The molecular formula is C43H49ClN6O10S. The van der Waals surface area contributed by atoms with E-state index in [1.807, 2.05) is 68.4 Å². The van der Waals surface area contributed by atoms with Gasteiger partial charge in [-0.05, 0) is 69.8 Å². The smallest absolute Gasteiger partial charge is 0.425 e. The van der Waals surface area contributed by atoms with E-state index in [2.05, 4.69) is 19.9 Å². The first-order valence-electron chi connectivity index (χ1n) is 19.4. The molecule has 1 aliphatic heterocycles. The van der Waals surface area contributed by atoms with Crippen LogP contribution in [0.5, 0.6) is 0 Å². The molecule has 1 fully saturated rings. The maximum Gasteiger partial charge on any atom is 0.425 e. The number of benzene rings is 2. The number of amides is 2. The molecule has 324 valence electrons. The third-order valence-corrected chi connectivity index (χ3v) is 10.5. The predicted octanol–water partition coefficient (Wildman–Crippen LogP) is 8.46. The Labute approximate surface area is 362 Å². The average molecular weight is 877 g/mol. The normalized spacial score (nSPS) is 18.6. The van der Waals surface area contributed by atoms with Crippen molar-refractivity contribution >= 4 is 64.0 Å². The molecule has 0 N–H and O–H groups in total. The molecule has 1 aliphatic rings. The maximum atomic E-state index is 14.0. The monoisotopic (exact) mass is 876 g/mol. The van der Waals surface area contributed by atoms with Crippen molar-refractivity contribution in [1.82, 2.24) is 24.5 Å². The number of hydrogen-bond acceptors (Lipinski definition) is 15. The van der Waals surface area contributed by atoms with Crippen LogP contribution in [0.4, 0.5) is 15.4 Å². The van der Waals surface area contributed by atoms with E-state index in [0.29, 0.717) is 10.6 Å². The summed E-state index contributed by atoms with van der Waals surface area (Å²) in [4.78, 5) is 72.2. The van der Waals surface area contributed by atoms with Gasteiger partial charge in [-0.1, -0.05) is 68.4 Å². The van der Waals surface area contributed by atoms with Crippen molar-refractivity contribution in [3.8, 4) is 11.1 Å². The van der Waals surface area contributed by atoms with E-state index in [1.54, 1.807) is 52.4 Å². The fourth-order valence-electron chi connectivity index (χ4n) is 6.88. The van der Waals surface area contributed by atoms with Gasteiger partial charge in [-0.15, -0.1) is 11.3 Å². The number of hydrogen-bond donors (Lipinski definition) is 0. The lowest BCUT2D eigenvalue weighted by molar-refractivity contribution is -0.180. The zero-order valence-corrected chi connectivity index (χ0v) is 37.2. The van der Waals surface area contributed by atoms with Crippen molar-refractivity contribution in [3.63, 3.8) is 0 Å². The highest BCUT2D eigenvalue weighted by atomic mass is 35.5. The zero-order valence-electron chi connectivity index (χ0n) is 35.6. The fraction of sp³-hybridized carbons (Fsp3) is 0.442. The molecule has 0 bridgehead atoms. The van der Waals surface area contributed by atoms with Crippen LogP contribution in [0.15, 0.2) is 71.8 Å². The molecule has 3 aromatic heterocycles. The summed E-state index contributed by atoms with van der Waals surface area (Å²) in [5.74, 6) is -1.59. The molecule has 0 spiro atoms. The largest absolute Gasteiger partial charge is 0.467 e. The number of esters is 2. The van der Waals surface area contributed by atoms with Gasteiger partial charge in [0.15, 0.2) is 29.3 Å². The van der Waals surface area contributed by atoms with E-state index in [-0.39, 0.29) is 35.3 Å². The lowest BCUT2D eigenvalue weighted by Gasteiger charge is -2.34. The Kier molecular flexibility index (Phi) is 12.9. The summed E-state index contributed by atoms with van der Waals surface area (Å²) in [5.41, 5.74) is 0.0327. The number of methoxy groups -OCH3 is 1. The number of nitrogens with zero attached hydrogens (tertiary/aromatic N) is 6. The van der Waals surface area contributed by atoms with E-state index in [1.165, 1.54) is 36.3 Å². The molecule has 16 nitrogen and oxygen atoms in total. The van der Waals surface area contributed by atoms with Gasteiger partial charge in [-0.2, -0.15) is 14.9 Å². The molecule has 61 heavy (non-hydrogen) atoms. The summed E-state index contributed by atoms with van der Waals surface area (Å²) < 4.78 is 37.3. The minimum Gasteiger partial charge on any atom is -0.467 e. The molecule has 2 amide bonds. The van der Waals surface area contributed by atoms with Gasteiger partial charge in [-0.25, -0.2) is 24.4 Å². The van der Waals surface area contributed by atoms with Crippen LogP contribution in [0, 0.1) is 5.41 Å². The van der Waals surface area contributed by atoms with Gasteiger partial charge >= 0.3 is 24.1 Å². The number of aromatic nitrogens is 5. The molecule has 6 rings (SSSR count). The second-order valence-electron chi connectivity index (χ2n) is 17.0. The van der Waals surface area contributed by atoms with Crippen LogP contribution < -0.4 is 4.90 Å². The molecular weight excluding hydrogens is 828 g/mol. The third-order valence-electron chi connectivity index (χ3n) is 9.79. The topological polar surface area (TPSA) is 183 Å². The average Bonchev–Trinajstić information content (AvgIpc) is 3.91. The molecule has 4 heterocycles. The van der Waals surface area contributed by atoms with Crippen molar-refractivity contribution in [2.45, 2.75) is 104 Å². The van der Waals surface area contributed by atoms with Crippen molar-refractivity contribution in [1.29, 1.82) is 0 Å². The molecule has 1 unspecified atom stereocenters. The van der Waals surface area contributed by atoms with Crippen LogP contribution >= 0.6 is 22.9 Å². The summed E-state index contributed by atoms with van der Waals surface area (Å²) >= 11 is 7.79. The molecule has 5 aromatic rings. The SMILES string of the molecule is COC(=O)C(Cc1ccc(-c2ccccc2)cc1)(OC[C@H]1O[C@@H](n2cnc3c(N(C(=O)OC(C)(C)C)C(=O)OC(C)(C)C)nc(Cl)nc32)[C@H](OC(C)=O)C1(C)C)c1cscn1. The number of rotatable bonds is 11. The van der Waals surface area contributed by atoms with E-state index >= 15 is 0 Å². The standard InChI is InChI=1S/C43H49ClN6O10S/c1-25(51)57-32-35(49-23-45-31-33(49)47-37(44)48-34(31)50(38(53)59-40(2,3)4)39(54)60-41(5,6)7)58-30(42(32,8)9)21-56-43(36(52)55-10,29-22-61-24-46-29)20-26-16-18-28(19-17-26)27-14-12-11-13-15-27/h11-19,22-24,30,32,35H,20-21H2,1-10H3/t30-,32+,35-,43?/m1/s1. The highest BCUT2D eigenvalue weighted by molar-refractivity contribution is 7.07. The van der Waals surface area contributed by atoms with Gasteiger partial charge in [0.25, 0.3) is 0 Å². The number of imide groups is 1. The van der Waals surface area contributed by atoms with Gasteiger partial charge in [0.05, 0.1) is 37.4 Å². The van der Waals surface area contributed by atoms with Crippen LogP contribution in [0.3, 0.4) is 0 Å². The number of imidazole rings is 1. The van der Waals surface area contributed by atoms with Crippen molar-refractivity contribution in [2.24, 2.45) is 5.41 Å². The summed E-state index contributed by atoms with van der Waals surface area (Å²) in [6, 6.07) is 17.7. The number of ether oxygens (including phenoxy) is 6. The lowest BCUT2D eigenvalue weighted by Crippen LogP contribution is -2.46. The van der Waals surface area contributed by atoms with Crippen LogP contribution in [0.25, 0.3) is 22.3 Å². The summed E-state index contributed by atoms with van der Waals surface area (Å²) in [7, 11) is 1.28. The first-order valence-corrected chi connectivity index (χ1v) is 20.7. The highest BCUT2D eigenvalue weighted by Crippen LogP contribution is 2.47. The van der Waals surface area contributed by atoms with Crippen LogP contribution in [0.2, 0.25) is 5.28 Å².